The van der Waals surface area contributed by atoms with E-state index in [4.69, 9.17) is 0 Å². The summed E-state index contributed by atoms with van der Waals surface area (Å²) in [5, 5.41) is 7.16. The molecular weight excluding hydrogens is 243 g/mol. The van der Waals surface area contributed by atoms with Crippen LogP contribution < -0.4 is 5.32 Å². The summed E-state index contributed by atoms with van der Waals surface area (Å²) in [5.41, 5.74) is 1.06. The van der Waals surface area contributed by atoms with Gasteiger partial charge in [0.1, 0.15) is 6.17 Å². The van der Waals surface area contributed by atoms with E-state index in [2.05, 4.69) is 24.3 Å². The van der Waals surface area contributed by atoms with Gasteiger partial charge in [-0.25, -0.2) is 4.39 Å². The molecule has 0 amide bonds. The second kappa shape index (κ2) is 9.78. The lowest BCUT2D eigenvalue weighted by Crippen LogP contribution is -2.13. The molecule has 1 atom stereocenters. The van der Waals surface area contributed by atoms with Crippen LogP contribution in [0.3, 0.4) is 0 Å². The van der Waals surface area contributed by atoms with Crippen molar-refractivity contribution in [3.8, 4) is 0 Å². The fourth-order valence-corrected chi connectivity index (χ4v) is 1.63. The maximum absolute atomic E-state index is 12.1. The molecule has 1 aliphatic rings. The summed E-state index contributed by atoms with van der Waals surface area (Å²) in [7, 11) is 3.83. The summed E-state index contributed by atoms with van der Waals surface area (Å²) in [5.74, 6) is 0. The zero-order valence-corrected chi connectivity index (χ0v) is 13.2. The topological polar surface area (TPSA) is 33.1 Å². The molecule has 1 fully saturated rings. The molecule has 1 aromatic rings. The summed E-state index contributed by atoms with van der Waals surface area (Å²) < 4.78 is 14.1. The normalized spacial score (nSPS) is 18.4. The molecule has 4 nitrogen and oxygen atoms in total. The van der Waals surface area contributed by atoms with Gasteiger partial charge in [0, 0.05) is 32.4 Å². The van der Waals surface area contributed by atoms with Crippen LogP contribution in [0.2, 0.25) is 0 Å². The Kier molecular flexibility index (Phi) is 9.21. The number of nitrogens with zero attached hydrogens (tertiary/aromatic N) is 3. The van der Waals surface area contributed by atoms with Gasteiger partial charge in [-0.2, -0.15) is 5.10 Å². The Morgan fingerprint density at radius 2 is 2.05 bits per heavy atom. The van der Waals surface area contributed by atoms with Crippen LogP contribution in [0.15, 0.2) is 12.4 Å². The molecule has 2 heterocycles. The van der Waals surface area contributed by atoms with E-state index in [-0.39, 0.29) is 0 Å². The van der Waals surface area contributed by atoms with Crippen molar-refractivity contribution >= 4 is 5.69 Å². The van der Waals surface area contributed by atoms with Gasteiger partial charge in [0.25, 0.3) is 0 Å². The number of likely N-dealkylation sites (tertiary alicyclic amines) is 1. The van der Waals surface area contributed by atoms with E-state index in [0.29, 0.717) is 12.6 Å². The van der Waals surface area contributed by atoms with Crippen LogP contribution in [0.1, 0.15) is 40.2 Å². The minimum Gasteiger partial charge on any atom is -0.386 e. The summed E-state index contributed by atoms with van der Waals surface area (Å²) in [4.78, 5) is 2.00. The first-order chi connectivity index (χ1) is 9.02. The van der Waals surface area contributed by atoms with Crippen molar-refractivity contribution in [3.05, 3.63) is 12.4 Å². The first-order valence-electron chi connectivity index (χ1n) is 7.07. The lowest BCUT2D eigenvalue weighted by molar-refractivity contribution is 0.321. The van der Waals surface area contributed by atoms with E-state index < -0.39 is 6.17 Å². The second-order valence-electron chi connectivity index (χ2n) is 4.70. The zero-order valence-electron chi connectivity index (χ0n) is 13.2. The van der Waals surface area contributed by atoms with Crippen molar-refractivity contribution < 1.29 is 4.39 Å². The highest BCUT2D eigenvalue weighted by molar-refractivity contribution is 5.36. The van der Waals surface area contributed by atoms with E-state index in [9.17, 15) is 4.39 Å². The number of alkyl halides is 1. The minimum absolute atomic E-state index is 0.446. The highest BCUT2D eigenvalue weighted by Gasteiger charge is 2.17. The molecule has 1 N–H and O–H groups in total. The number of anilines is 1. The van der Waals surface area contributed by atoms with Gasteiger partial charge in [-0.1, -0.05) is 13.8 Å². The molecule has 5 heteroatoms. The molecule has 0 saturated carbocycles. The van der Waals surface area contributed by atoms with E-state index in [0.717, 1.165) is 18.7 Å². The van der Waals surface area contributed by atoms with Crippen molar-refractivity contribution in [2.75, 3.05) is 32.5 Å². The number of rotatable bonds is 2. The van der Waals surface area contributed by atoms with Crippen molar-refractivity contribution in [1.82, 2.24) is 14.7 Å². The Bertz CT molecular complexity index is 317. The third-order valence-corrected chi connectivity index (χ3v) is 2.75. The smallest absolute Gasteiger partial charge is 0.114 e. The van der Waals surface area contributed by atoms with Gasteiger partial charge in [-0.3, -0.25) is 4.68 Å². The predicted octanol–water partition coefficient (Wildman–Crippen LogP) is 3.19. The maximum Gasteiger partial charge on any atom is 0.114 e. The SMILES string of the molecule is CC.CN1CCC(F)C1.CNc1cnn(C(C)C)c1. The first kappa shape index (κ1) is 17.9. The predicted molar refractivity (Wildman–Crippen MR) is 80.5 cm³/mol. The van der Waals surface area contributed by atoms with Gasteiger partial charge >= 0.3 is 0 Å². The molecule has 1 aromatic heterocycles. The molecule has 0 aliphatic carbocycles. The molecule has 1 unspecified atom stereocenters. The van der Waals surface area contributed by atoms with Crippen LogP contribution in [-0.2, 0) is 0 Å². The Morgan fingerprint density at radius 3 is 2.26 bits per heavy atom. The fourth-order valence-electron chi connectivity index (χ4n) is 1.63. The minimum atomic E-state index is -0.551. The molecule has 0 bridgehead atoms. The van der Waals surface area contributed by atoms with E-state index in [1.165, 1.54) is 0 Å². The summed E-state index contributed by atoms with van der Waals surface area (Å²) in [6, 6.07) is 0.446. The standard InChI is InChI=1S/C7H13N3.C5H10FN.C2H6/c1-6(2)10-5-7(8-3)4-9-10;1-7-3-2-5(6)4-7;1-2/h4-6,8H,1-3H3;5H,2-4H2,1H3;1-2H3. The quantitative estimate of drug-likeness (QED) is 0.897. The van der Waals surface area contributed by atoms with Gasteiger partial charge in [0.05, 0.1) is 11.9 Å². The molecule has 112 valence electrons. The van der Waals surface area contributed by atoms with Crippen LogP contribution >= 0.6 is 0 Å². The van der Waals surface area contributed by atoms with Gasteiger partial charge in [0.2, 0.25) is 0 Å². The highest BCUT2D eigenvalue weighted by Crippen LogP contribution is 2.08. The van der Waals surface area contributed by atoms with E-state index in [1.54, 1.807) is 0 Å². The molecule has 0 radical (unpaired) electrons. The van der Waals surface area contributed by atoms with Crippen LogP contribution in [-0.4, -0.2) is 48.0 Å². The lowest BCUT2D eigenvalue weighted by atomic mass is 10.4. The Morgan fingerprint density at radius 1 is 1.42 bits per heavy atom. The van der Waals surface area contributed by atoms with Gasteiger partial charge in [-0.15, -0.1) is 0 Å². The molecular formula is C14H29FN4. The third-order valence-electron chi connectivity index (χ3n) is 2.75. The molecule has 0 aromatic carbocycles. The monoisotopic (exact) mass is 272 g/mol. The largest absolute Gasteiger partial charge is 0.386 e. The highest BCUT2D eigenvalue weighted by atomic mass is 19.1. The molecule has 2 rings (SSSR count). The molecule has 1 saturated heterocycles. The Balaban J connectivity index is 0.000000316. The summed E-state index contributed by atoms with van der Waals surface area (Å²) >= 11 is 0. The average molecular weight is 272 g/mol. The van der Waals surface area contributed by atoms with Crippen molar-refractivity contribution in [2.24, 2.45) is 0 Å². The number of aromatic nitrogens is 2. The number of nitrogens with one attached hydrogen (secondary N) is 1. The zero-order chi connectivity index (χ0) is 14.8. The lowest BCUT2D eigenvalue weighted by Gasteiger charge is -2.02. The van der Waals surface area contributed by atoms with Crippen LogP contribution in [0.25, 0.3) is 0 Å². The van der Waals surface area contributed by atoms with Crippen LogP contribution in [0, 0.1) is 0 Å². The van der Waals surface area contributed by atoms with Crippen LogP contribution in [0.5, 0.6) is 0 Å². The molecule has 0 spiro atoms. The maximum atomic E-state index is 12.1. The number of halogens is 1. The van der Waals surface area contributed by atoms with Crippen molar-refractivity contribution in [3.63, 3.8) is 0 Å². The molecule has 1 aliphatic heterocycles. The first-order valence-corrected chi connectivity index (χ1v) is 7.07. The summed E-state index contributed by atoms with van der Waals surface area (Å²) in [6.45, 7) is 9.78. The van der Waals surface area contributed by atoms with Gasteiger partial charge in [-0.05, 0) is 27.3 Å². The number of hydrogen-bond donors (Lipinski definition) is 1. The third kappa shape index (κ3) is 7.15. The second-order valence-corrected chi connectivity index (χ2v) is 4.70. The Labute approximate surface area is 117 Å². The van der Waals surface area contributed by atoms with Crippen molar-refractivity contribution in [1.29, 1.82) is 0 Å². The van der Waals surface area contributed by atoms with Gasteiger partial charge < -0.3 is 10.2 Å². The Hall–Kier alpha value is -1.10. The fraction of sp³-hybridized carbons (Fsp3) is 0.786. The molecule has 19 heavy (non-hydrogen) atoms. The van der Waals surface area contributed by atoms with Gasteiger partial charge in [0.15, 0.2) is 0 Å². The van der Waals surface area contributed by atoms with E-state index >= 15 is 0 Å². The van der Waals surface area contributed by atoms with Crippen molar-refractivity contribution in [2.45, 2.75) is 46.3 Å². The van der Waals surface area contributed by atoms with Crippen LogP contribution in [0.4, 0.5) is 10.1 Å². The average Bonchev–Trinajstić information content (AvgIpc) is 3.01. The number of hydrogen-bond acceptors (Lipinski definition) is 3. The van der Waals surface area contributed by atoms with E-state index in [1.807, 2.05) is 49.9 Å². The summed E-state index contributed by atoms with van der Waals surface area (Å²) in [6.07, 6.45) is 3.99.